The molecule has 1 rings (SSSR count). The maximum Gasteiger partial charge on any atom is 0.141 e. The molecule has 0 heterocycles. The van der Waals surface area contributed by atoms with Crippen LogP contribution in [-0.4, -0.2) is 19.4 Å². The van der Waals surface area contributed by atoms with Crippen molar-refractivity contribution >= 4 is 29.0 Å². The van der Waals surface area contributed by atoms with Crippen molar-refractivity contribution in [3.8, 4) is 0 Å². The van der Waals surface area contributed by atoms with E-state index in [0.29, 0.717) is 23.0 Å². The molecule has 2 nitrogen and oxygen atoms in total. The fourth-order valence-corrected chi connectivity index (χ4v) is 1.84. The second-order valence-corrected chi connectivity index (χ2v) is 4.68. The fourth-order valence-electron chi connectivity index (χ4n) is 1.46. The zero-order chi connectivity index (χ0) is 12.1. The molecule has 1 N–H and O–H groups in total. The average molecular weight is 260 g/mol. The van der Waals surface area contributed by atoms with Crippen molar-refractivity contribution in [2.24, 2.45) is 5.92 Å². The molecule has 0 amide bonds. The molecule has 0 aromatic heterocycles. The van der Waals surface area contributed by atoms with Gasteiger partial charge in [0.25, 0.3) is 0 Å². The molecule has 1 aromatic rings. The Morgan fingerprint density at radius 1 is 1.44 bits per heavy atom. The second kappa shape index (κ2) is 6.24. The van der Waals surface area contributed by atoms with Gasteiger partial charge in [0.05, 0.1) is 0 Å². The van der Waals surface area contributed by atoms with Gasteiger partial charge >= 0.3 is 0 Å². The highest BCUT2D eigenvalue weighted by Gasteiger charge is 2.14. The third kappa shape index (κ3) is 3.78. The van der Waals surface area contributed by atoms with Crippen LogP contribution >= 0.6 is 23.2 Å². The summed E-state index contributed by atoms with van der Waals surface area (Å²) in [6, 6.07) is 5.18. The van der Waals surface area contributed by atoms with Gasteiger partial charge in [0.1, 0.15) is 5.78 Å². The molecular formula is C12H15Cl2NO. The van der Waals surface area contributed by atoms with Crippen LogP contribution in [0.3, 0.4) is 0 Å². The van der Waals surface area contributed by atoms with E-state index in [9.17, 15) is 4.79 Å². The predicted molar refractivity (Wildman–Crippen MR) is 68.3 cm³/mol. The van der Waals surface area contributed by atoms with Gasteiger partial charge in [-0.05, 0) is 30.8 Å². The zero-order valence-corrected chi connectivity index (χ0v) is 10.9. The molecule has 16 heavy (non-hydrogen) atoms. The van der Waals surface area contributed by atoms with Gasteiger partial charge in [-0.1, -0.05) is 30.1 Å². The Balaban J connectivity index is 2.72. The lowest BCUT2D eigenvalue weighted by molar-refractivity contribution is -0.121. The van der Waals surface area contributed by atoms with Gasteiger partial charge < -0.3 is 5.32 Å². The van der Waals surface area contributed by atoms with Gasteiger partial charge in [0.15, 0.2) is 0 Å². The first kappa shape index (κ1) is 13.5. The summed E-state index contributed by atoms with van der Waals surface area (Å²) in [5, 5.41) is 4.18. The third-order valence-corrected chi connectivity index (χ3v) is 3.04. The first-order valence-corrected chi connectivity index (χ1v) is 5.91. The smallest absolute Gasteiger partial charge is 0.141 e. The normalized spacial score (nSPS) is 12.5. The number of carbonyl (C=O) groups is 1. The minimum absolute atomic E-state index is 0.0138. The standard InChI is InChI=1S/C12H15Cl2NO/c1-8(7-15-2)12(16)6-9-5-10(13)3-4-11(9)14/h3-5,8,15H,6-7H2,1-2H3. The summed E-state index contributed by atoms with van der Waals surface area (Å²) in [5.74, 6) is 0.151. The Bertz CT molecular complexity index is 379. The van der Waals surface area contributed by atoms with E-state index in [1.807, 2.05) is 14.0 Å². The molecule has 0 fully saturated rings. The number of halogens is 2. The molecule has 0 aliphatic rings. The van der Waals surface area contributed by atoms with Crippen LogP contribution < -0.4 is 5.32 Å². The van der Waals surface area contributed by atoms with Crippen LogP contribution in [0.25, 0.3) is 0 Å². The van der Waals surface area contributed by atoms with Crippen molar-refractivity contribution in [1.82, 2.24) is 5.32 Å². The number of nitrogens with one attached hydrogen (secondary N) is 1. The first-order chi connectivity index (χ1) is 7.54. The van der Waals surface area contributed by atoms with E-state index >= 15 is 0 Å². The number of ketones is 1. The Hall–Kier alpha value is -0.570. The number of benzene rings is 1. The largest absolute Gasteiger partial charge is 0.319 e. The summed E-state index contributed by atoms with van der Waals surface area (Å²) >= 11 is 11.9. The fraction of sp³-hybridized carbons (Fsp3) is 0.417. The van der Waals surface area contributed by atoms with E-state index in [-0.39, 0.29) is 11.7 Å². The maximum absolute atomic E-state index is 11.8. The van der Waals surface area contributed by atoms with E-state index < -0.39 is 0 Å². The molecule has 0 spiro atoms. The molecule has 0 saturated heterocycles. The molecular weight excluding hydrogens is 245 g/mol. The monoisotopic (exact) mass is 259 g/mol. The van der Waals surface area contributed by atoms with Crippen LogP contribution in [0.15, 0.2) is 18.2 Å². The second-order valence-electron chi connectivity index (χ2n) is 3.84. The Morgan fingerprint density at radius 2 is 2.12 bits per heavy atom. The molecule has 1 atom stereocenters. The molecule has 0 bridgehead atoms. The van der Waals surface area contributed by atoms with E-state index in [2.05, 4.69) is 5.32 Å². The molecule has 0 radical (unpaired) electrons. The molecule has 1 unspecified atom stereocenters. The van der Waals surface area contributed by atoms with Crippen LogP contribution in [-0.2, 0) is 11.2 Å². The molecule has 4 heteroatoms. The van der Waals surface area contributed by atoms with Gasteiger partial charge in [-0.25, -0.2) is 0 Å². The summed E-state index contributed by atoms with van der Waals surface area (Å²) in [6.07, 6.45) is 0.336. The lowest BCUT2D eigenvalue weighted by atomic mass is 9.99. The van der Waals surface area contributed by atoms with Gasteiger partial charge in [0.2, 0.25) is 0 Å². The van der Waals surface area contributed by atoms with Gasteiger partial charge in [-0.15, -0.1) is 0 Å². The summed E-state index contributed by atoms with van der Waals surface area (Å²) in [6.45, 7) is 2.58. The Labute approximate surface area is 106 Å². The molecule has 1 aromatic carbocycles. The SMILES string of the molecule is CNCC(C)C(=O)Cc1cc(Cl)ccc1Cl. The van der Waals surface area contributed by atoms with E-state index in [1.54, 1.807) is 18.2 Å². The number of hydrogen-bond donors (Lipinski definition) is 1. The Morgan fingerprint density at radius 3 is 2.75 bits per heavy atom. The number of Topliss-reactive ketones (excluding diaryl/α,β-unsaturated/α-hetero) is 1. The number of carbonyl (C=O) groups excluding carboxylic acids is 1. The van der Waals surface area contributed by atoms with Crippen molar-refractivity contribution in [2.75, 3.05) is 13.6 Å². The lowest BCUT2D eigenvalue weighted by Crippen LogP contribution is -2.24. The van der Waals surface area contributed by atoms with Crippen LogP contribution in [0.5, 0.6) is 0 Å². The maximum atomic E-state index is 11.8. The van der Waals surface area contributed by atoms with E-state index in [4.69, 9.17) is 23.2 Å². The molecule has 0 aliphatic heterocycles. The summed E-state index contributed by atoms with van der Waals surface area (Å²) in [7, 11) is 1.83. The van der Waals surface area contributed by atoms with Crippen LogP contribution in [0.4, 0.5) is 0 Å². The third-order valence-electron chi connectivity index (χ3n) is 2.43. The lowest BCUT2D eigenvalue weighted by Gasteiger charge is -2.10. The number of hydrogen-bond acceptors (Lipinski definition) is 2. The minimum Gasteiger partial charge on any atom is -0.319 e. The van der Waals surface area contributed by atoms with E-state index in [1.165, 1.54) is 0 Å². The highest BCUT2D eigenvalue weighted by molar-refractivity contribution is 6.33. The quantitative estimate of drug-likeness (QED) is 0.881. The van der Waals surface area contributed by atoms with Crippen LogP contribution in [0.2, 0.25) is 10.0 Å². The summed E-state index contributed by atoms with van der Waals surface area (Å²) in [4.78, 5) is 11.8. The molecule has 0 saturated carbocycles. The van der Waals surface area contributed by atoms with Crippen molar-refractivity contribution < 1.29 is 4.79 Å². The highest BCUT2D eigenvalue weighted by Crippen LogP contribution is 2.21. The molecule has 88 valence electrons. The van der Waals surface area contributed by atoms with Crippen LogP contribution in [0.1, 0.15) is 12.5 Å². The van der Waals surface area contributed by atoms with Crippen molar-refractivity contribution in [1.29, 1.82) is 0 Å². The summed E-state index contributed by atoms with van der Waals surface area (Å²) < 4.78 is 0. The van der Waals surface area contributed by atoms with Crippen LogP contribution in [0, 0.1) is 5.92 Å². The Kier molecular flexibility index (Phi) is 5.26. The average Bonchev–Trinajstić information content (AvgIpc) is 2.23. The summed E-state index contributed by atoms with van der Waals surface area (Å²) in [5.41, 5.74) is 0.794. The van der Waals surface area contributed by atoms with Gasteiger partial charge in [-0.2, -0.15) is 0 Å². The minimum atomic E-state index is -0.0138. The zero-order valence-electron chi connectivity index (χ0n) is 9.39. The van der Waals surface area contributed by atoms with Crippen molar-refractivity contribution in [3.05, 3.63) is 33.8 Å². The van der Waals surface area contributed by atoms with Gasteiger partial charge in [0, 0.05) is 28.9 Å². The number of rotatable bonds is 5. The highest BCUT2D eigenvalue weighted by atomic mass is 35.5. The first-order valence-electron chi connectivity index (χ1n) is 5.16. The predicted octanol–water partition coefficient (Wildman–Crippen LogP) is 2.96. The van der Waals surface area contributed by atoms with Gasteiger partial charge in [-0.3, -0.25) is 4.79 Å². The topological polar surface area (TPSA) is 29.1 Å². The molecule has 0 aliphatic carbocycles. The van der Waals surface area contributed by atoms with Crippen molar-refractivity contribution in [3.63, 3.8) is 0 Å². The van der Waals surface area contributed by atoms with Crippen molar-refractivity contribution in [2.45, 2.75) is 13.3 Å². The van der Waals surface area contributed by atoms with E-state index in [0.717, 1.165) is 5.56 Å².